The molecule has 3 rings (SSSR count). The molecule has 2 heterocycles. The van der Waals surface area contributed by atoms with E-state index in [0.29, 0.717) is 38.0 Å². The zero-order chi connectivity index (χ0) is 15.5. The van der Waals surface area contributed by atoms with Gasteiger partial charge in [-0.25, -0.2) is 0 Å². The molecule has 1 aliphatic carbocycles. The fourth-order valence-corrected chi connectivity index (χ4v) is 4.61. The number of aliphatic hydroxyl groups is 2. The average molecular weight is 310 g/mol. The van der Waals surface area contributed by atoms with Crippen molar-refractivity contribution in [1.82, 2.24) is 9.80 Å². The van der Waals surface area contributed by atoms with Crippen LogP contribution in [0, 0.1) is 5.92 Å². The highest BCUT2D eigenvalue weighted by Crippen LogP contribution is 2.34. The summed E-state index contributed by atoms with van der Waals surface area (Å²) in [5.41, 5.74) is 0. The fraction of sp³-hybridized carbons (Fsp3) is 0.941. The molecular weight excluding hydrogens is 280 g/mol. The third kappa shape index (κ3) is 3.81. The average Bonchev–Trinajstić information content (AvgIpc) is 3.06. The minimum Gasteiger partial charge on any atom is -0.392 e. The van der Waals surface area contributed by atoms with E-state index >= 15 is 0 Å². The molecule has 3 atom stereocenters. The summed E-state index contributed by atoms with van der Waals surface area (Å²) in [4.78, 5) is 15.7. The van der Waals surface area contributed by atoms with Crippen LogP contribution in [0.1, 0.15) is 51.4 Å². The Morgan fingerprint density at radius 3 is 2.59 bits per heavy atom. The number of hydrogen-bond acceptors (Lipinski definition) is 4. The number of aliphatic hydroxyl groups excluding tert-OH is 2. The number of carbonyl (C=O) groups excluding carboxylic acids is 1. The summed E-state index contributed by atoms with van der Waals surface area (Å²) in [7, 11) is 0. The first kappa shape index (κ1) is 16.2. The first-order valence-corrected chi connectivity index (χ1v) is 9.01. The summed E-state index contributed by atoms with van der Waals surface area (Å²) >= 11 is 0. The smallest absolute Gasteiger partial charge is 0.222 e. The van der Waals surface area contributed by atoms with Gasteiger partial charge in [0.05, 0.1) is 12.2 Å². The van der Waals surface area contributed by atoms with Crippen molar-refractivity contribution in [2.75, 3.05) is 26.2 Å². The van der Waals surface area contributed by atoms with Gasteiger partial charge in [0, 0.05) is 38.6 Å². The summed E-state index contributed by atoms with van der Waals surface area (Å²) < 4.78 is 0. The molecule has 0 aromatic carbocycles. The van der Waals surface area contributed by atoms with Crippen molar-refractivity contribution in [2.24, 2.45) is 5.92 Å². The van der Waals surface area contributed by atoms with Crippen molar-refractivity contribution in [3.8, 4) is 0 Å². The third-order valence-corrected chi connectivity index (χ3v) is 5.67. The lowest BCUT2D eigenvalue weighted by molar-refractivity contribution is -0.129. The second-order valence-corrected chi connectivity index (χ2v) is 7.41. The number of nitrogens with zero attached hydrogens (tertiary/aromatic N) is 2. The monoisotopic (exact) mass is 310 g/mol. The van der Waals surface area contributed by atoms with Crippen LogP contribution in [0.3, 0.4) is 0 Å². The van der Waals surface area contributed by atoms with Crippen LogP contribution < -0.4 is 0 Å². The van der Waals surface area contributed by atoms with Gasteiger partial charge in [0.2, 0.25) is 5.91 Å². The molecule has 0 aromatic heterocycles. The molecule has 5 heteroatoms. The van der Waals surface area contributed by atoms with E-state index in [1.54, 1.807) is 4.90 Å². The van der Waals surface area contributed by atoms with E-state index in [9.17, 15) is 15.0 Å². The Hall–Kier alpha value is -0.650. The molecule has 0 radical (unpaired) electrons. The van der Waals surface area contributed by atoms with Gasteiger partial charge in [-0.15, -0.1) is 0 Å². The van der Waals surface area contributed by atoms with Gasteiger partial charge in [0.25, 0.3) is 0 Å². The van der Waals surface area contributed by atoms with Crippen molar-refractivity contribution < 1.29 is 15.0 Å². The van der Waals surface area contributed by atoms with E-state index in [2.05, 4.69) is 4.90 Å². The lowest BCUT2D eigenvalue weighted by atomic mass is 9.82. The van der Waals surface area contributed by atoms with Crippen LogP contribution in [0.25, 0.3) is 0 Å². The topological polar surface area (TPSA) is 64.0 Å². The molecule has 0 aromatic rings. The zero-order valence-corrected chi connectivity index (χ0v) is 13.5. The summed E-state index contributed by atoms with van der Waals surface area (Å²) in [6, 6.07) is 0.416. The molecule has 0 unspecified atom stereocenters. The molecule has 3 fully saturated rings. The van der Waals surface area contributed by atoms with Gasteiger partial charge in [-0.1, -0.05) is 19.3 Å². The maximum absolute atomic E-state index is 11.7. The second kappa shape index (κ2) is 7.28. The van der Waals surface area contributed by atoms with Crippen LogP contribution in [0.4, 0.5) is 0 Å². The van der Waals surface area contributed by atoms with E-state index < -0.39 is 6.10 Å². The van der Waals surface area contributed by atoms with Crippen LogP contribution in [-0.2, 0) is 4.79 Å². The minimum absolute atomic E-state index is 0.171. The van der Waals surface area contributed by atoms with E-state index in [1.807, 2.05) is 0 Å². The van der Waals surface area contributed by atoms with Gasteiger partial charge in [-0.3, -0.25) is 9.69 Å². The summed E-state index contributed by atoms with van der Waals surface area (Å²) in [6.45, 7) is 2.49. The van der Waals surface area contributed by atoms with Crippen LogP contribution in [-0.4, -0.2) is 70.3 Å². The van der Waals surface area contributed by atoms with E-state index in [-0.39, 0.29) is 12.0 Å². The molecule has 3 aliphatic rings. The highest BCUT2D eigenvalue weighted by molar-refractivity contribution is 5.78. The summed E-state index contributed by atoms with van der Waals surface area (Å²) in [6.07, 6.45) is 8.09. The highest BCUT2D eigenvalue weighted by Gasteiger charge is 2.37. The molecule has 1 amide bonds. The minimum atomic E-state index is -0.501. The normalized spacial score (nSPS) is 32.8. The Labute approximate surface area is 133 Å². The predicted molar refractivity (Wildman–Crippen MR) is 84.4 cm³/mol. The Kier molecular flexibility index (Phi) is 5.37. The van der Waals surface area contributed by atoms with Crippen molar-refractivity contribution in [3.05, 3.63) is 0 Å². The highest BCUT2D eigenvalue weighted by atomic mass is 16.3. The summed E-state index contributed by atoms with van der Waals surface area (Å²) in [5.74, 6) is 0.843. The van der Waals surface area contributed by atoms with Gasteiger partial charge in [-0.2, -0.15) is 0 Å². The van der Waals surface area contributed by atoms with Crippen LogP contribution in [0.2, 0.25) is 0 Å². The third-order valence-electron chi connectivity index (χ3n) is 5.67. The van der Waals surface area contributed by atoms with E-state index in [1.165, 1.54) is 32.1 Å². The number of amides is 1. The molecule has 0 spiro atoms. The Morgan fingerprint density at radius 1 is 1.14 bits per heavy atom. The maximum Gasteiger partial charge on any atom is 0.222 e. The standard InChI is InChI=1S/C17H30N2O3/c20-14-9-16(13-5-2-1-3-6-13)19(10-14)12-15(21)11-18-8-4-7-17(18)22/h13-16,20-21H,1-12H2/t14-,15+,16+/m1/s1. The quantitative estimate of drug-likeness (QED) is 0.795. The number of β-amino-alcohol motifs (C(OH)–C–C–N with tert-alkyl or cyclic N) is 2. The predicted octanol–water partition coefficient (Wildman–Crippen LogP) is 0.985. The largest absolute Gasteiger partial charge is 0.392 e. The molecule has 22 heavy (non-hydrogen) atoms. The number of rotatable bonds is 5. The Balaban J connectivity index is 1.53. The van der Waals surface area contributed by atoms with Gasteiger partial charge < -0.3 is 15.1 Å². The van der Waals surface area contributed by atoms with E-state index in [4.69, 9.17) is 0 Å². The zero-order valence-electron chi connectivity index (χ0n) is 13.5. The van der Waals surface area contributed by atoms with Gasteiger partial charge >= 0.3 is 0 Å². The second-order valence-electron chi connectivity index (χ2n) is 7.41. The SMILES string of the molecule is O=C1CCCN1C[C@H](O)CN1C[C@H](O)C[C@H]1C1CCCCC1. The van der Waals surface area contributed by atoms with Crippen molar-refractivity contribution in [3.63, 3.8) is 0 Å². The maximum atomic E-state index is 11.7. The number of hydrogen-bond donors (Lipinski definition) is 2. The summed E-state index contributed by atoms with van der Waals surface area (Å²) in [5, 5.41) is 20.4. The molecule has 2 aliphatic heterocycles. The van der Waals surface area contributed by atoms with E-state index in [0.717, 1.165) is 19.4 Å². The molecule has 5 nitrogen and oxygen atoms in total. The first-order valence-electron chi connectivity index (χ1n) is 9.01. The van der Waals surface area contributed by atoms with Gasteiger partial charge in [-0.05, 0) is 31.6 Å². The van der Waals surface area contributed by atoms with Crippen LogP contribution >= 0.6 is 0 Å². The molecule has 2 saturated heterocycles. The molecule has 1 saturated carbocycles. The Bertz CT molecular complexity index is 384. The number of carbonyl (C=O) groups is 1. The van der Waals surface area contributed by atoms with Gasteiger partial charge in [0.1, 0.15) is 0 Å². The van der Waals surface area contributed by atoms with Gasteiger partial charge in [0.15, 0.2) is 0 Å². The van der Waals surface area contributed by atoms with Crippen molar-refractivity contribution in [2.45, 2.75) is 69.6 Å². The van der Waals surface area contributed by atoms with Crippen LogP contribution in [0.15, 0.2) is 0 Å². The van der Waals surface area contributed by atoms with Crippen molar-refractivity contribution in [1.29, 1.82) is 0 Å². The lowest BCUT2D eigenvalue weighted by Crippen LogP contribution is -2.45. The lowest BCUT2D eigenvalue weighted by Gasteiger charge is -2.35. The molecule has 0 bridgehead atoms. The Morgan fingerprint density at radius 2 is 1.91 bits per heavy atom. The molecule has 2 N–H and O–H groups in total. The first-order chi connectivity index (χ1) is 10.6. The number of likely N-dealkylation sites (tertiary alicyclic amines) is 2. The van der Waals surface area contributed by atoms with Crippen LogP contribution in [0.5, 0.6) is 0 Å². The fourth-order valence-electron chi connectivity index (χ4n) is 4.61. The van der Waals surface area contributed by atoms with Crippen molar-refractivity contribution >= 4 is 5.91 Å². The molecular formula is C17H30N2O3. The molecule has 126 valence electrons.